The molecule has 2 rings (SSSR count). The summed E-state index contributed by atoms with van der Waals surface area (Å²) in [7, 11) is 0. The van der Waals surface area contributed by atoms with E-state index in [9.17, 15) is 23.9 Å². The fraction of sp³-hybridized carbons (Fsp3) is 0.350. The van der Waals surface area contributed by atoms with Crippen LogP contribution in [0.5, 0.6) is 0 Å². The number of aliphatic carboxylic acids is 2. The Morgan fingerprint density at radius 3 is 2.27 bits per heavy atom. The summed E-state index contributed by atoms with van der Waals surface area (Å²) in [5, 5.41) is 29.8. The molecule has 0 unspecified atom stereocenters. The summed E-state index contributed by atoms with van der Waals surface area (Å²) in [6, 6.07) is 5.11. The lowest BCUT2D eigenvalue weighted by Crippen LogP contribution is -2.40. The van der Waals surface area contributed by atoms with Gasteiger partial charge in [-0.1, -0.05) is 18.2 Å². The summed E-state index contributed by atoms with van der Waals surface area (Å²) in [5.41, 5.74) is 0.399. The topological polar surface area (TPSA) is 134 Å². The first kappa shape index (κ1) is 24.5. The highest BCUT2D eigenvalue weighted by molar-refractivity contribution is 5.88. The Morgan fingerprint density at radius 1 is 1.23 bits per heavy atom. The second kappa shape index (κ2) is 10.8. The van der Waals surface area contributed by atoms with Gasteiger partial charge < -0.3 is 15.3 Å². The molecule has 2 aromatic rings. The quantitative estimate of drug-likeness (QED) is 0.559. The zero-order valence-electron chi connectivity index (χ0n) is 16.5. The SMILES string of the molecule is O=C(O)CCC(=O)O.[C-]#[N+]c1ccc(CC(=O)[C@@](C)(O)Cn2cc(F)cn2)cc1C. The Morgan fingerprint density at radius 2 is 1.83 bits per heavy atom. The Labute approximate surface area is 172 Å². The van der Waals surface area contributed by atoms with E-state index in [4.69, 9.17) is 16.8 Å². The van der Waals surface area contributed by atoms with Crippen molar-refractivity contribution in [3.63, 3.8) is 0 Å². The molecular formula is C20H22FN3O6. The molecule has 0 amide bonds. The molecule has 0 fully saturated rings. The van der Waals surface area contributed by atoms with Crippen molar-refractivity contribution in [2.45, 2.75) is 45.3 Å². The van der Waals surface area contributed by atoms with Gasteiger partial charge in [-0.15, -0.1) is 0 Å². The van der Waals surface area contributed by atoms with Gasteiger partial charge in [0.2, 0.25) is 0 Å². The van der Waals surface area contributed by atoms with Gasteiger partial charge in [-0.3, -0.25) is 19.1 Å². The van der Waals surface area contributed by atoms with Crippen molar-refractivity contribution in [2.75, 3.05) is 0 Å². The van der Waals surface area contributed by atoms with Crippen LogP contribution in [0, 0.1) is 19.3 Å². The minimum absolute atomic E-state index is 0.0376. The molecule has 160 valence electrons. The number of carbonyl (C=O) groups is 3. The molecule has 0 radical (unpaired) electrons. The van der Waals surface area contributed by atoms with E-state index in [0.717, 1.165) is 23.5 Å². The second-order valence-corrected chi connectivity index (χ2v) is 6.75. The maximum Gasteiger partial charge on any atom is 0.303 e. The van der Waals surface area contributed by atoms with Crippen LogP contribution in [0.1, 0.15) is 30.9 Å². The number of benzene rings is 1. The van der Waals surface area contributed by atoms with Crippen molar-refractivity contribution in [3.8, 4) is 0 Å². The van der Waals surface area contributed by atoms with Crippen LogP contribution in [0.3, 0.4) is 0 Å². The average molecular weight is 419 g/mol. The molecule has 0 aliphatic rings. The molecule has 10 heteroatoms. The molecule has 3 N–H and O–H groups in total. The van der Waals surface area contributed by atoms with Crippen LogP contribution >= 0.6 is 0 Å². The number of carbonyl (C=O) groups excluding carboxylic acids is 1. The normalized spacial score (nSPS) is 12.1. The maximum atomic E-state index is 12.9. The summed E-state index contributed by atoms with van der Waals surface area (Å²) in [6.07, 6.45) is 1.59. The van der Waals surface area contributed by atoms with Gasteiger partial charge in [0.05, 0.1) is 38.4 Å². The Bertz CT molecular complexity index is 948. The smallest absolute Gasteiger partial charge is 0.303 e. The van der Waals surface area contributed by atoms with Gasteiger partial charge in [0, 0.05) is 6.42 Å². The van der Waals surface area contributed by atoms with Gasteiger partial charge in [0.15, 0.2) is 17.3 Å². The van der Waals surface area contributed by atoms with Gasteiger partial charge >= 0.3 is 11.9 Å². The van der Waals surface area contributed by atoms with Gasteiger partial charge in [0.1, 0.15) is 5.60 Å². The summed E-state index contributed by atoms with van der Waals surface area (Å²) in [5.74, 6) is -3.06. The van der Waals surface area contributed by atoms with E-state index in [1.165, 1.54) is 11.6 Å². The van der Waals surface area contributed by atoms with Gasteiger partial charge in [-0.05, 0) is 25.0 Å². The standard InChI is InChI=1S/C16H16FN3O2.C4H6O4/c1-11-6-12(4-5-14(11)18-3)7-15(21)16(2,22)10-20-9-13(17)8-19-20;5-3(6)1-2-4(7)8/h4-6,8-9,22H,7,10H2,1-2H3;1-2H2,(H,5,6)(H,7,8)/t16-;/m0./s1. The molecule has 0 saturated carbocycles. The summed E-state index contributed by atoms with van der Waals surface area (Å²) in [6.45, 7) is 10.1. The number of halogens is 1. The van der Waals surface area contributed by atoms with Crippen LogP contribution in [0.15, 0.2) is 30.6 Å². The van der Waals surface area contributed by atoms with Crippen LogP contribution in [0.4, 0.5) is 10.1 Å². The van der Waals surface area contributed by atoms with E-state index in [1.54, 1.807) is 25.1 Å². The molecule has 0 spiro atoms. The Hall–Kier alpha value is -3.58. The molecule has 0 aliphatic heterocycles. The number of aliphatic hydroxyl groups is 1. The number of hydrogen-bond donors (Lipinski definition) is 3. The largest absolute Gasteiger partial charge is 0.481 e. The third-order valence-electron chi connectivity index (χ3n) is 3.97. The zero-order chi connectivity index (χ0) is 22.9. The van der Waals surface area contributed by atoms with Crippen molar-refractivity contribution in [1.82, 2.24) is 9.78 Å². The van der Waals surface area contributed by atoms with Gasteiger partial charge in [0.25, 0.3) is 0 Å². The van der Waals surface area contributed by atoms with Crippen LogP contribution in [0.2, 0.25) is 0 Å². The predicted molar refractivity (Wildman–Crippen MR) is 103 cm³/mol. The monoisotopic (exact) mass is 419 g/mol. The second-order valence-electron chi connectivity index (χ2n) is 6.75. The van der Waals surface area contributed by atoms with Crippen LogP contribution in [0.25, 0.3) is 4.85 Å². The number of aryl methyl sites for hydroxylation is 1. The first-order chi connectivity index (χ1) is 13.9. The number of rotatable bonds is 8. The molecule has 0 bridgehead atoms. The molecule has 1 aromatic heterocycles. The van der Waals surface area contributed by atoms with Crippen LogP contribution in [-0.4, -0.2) is 48.4 Å². The Balaban J connectivity index is 0.000000479. The number of aromatic nitrogens is 2. The molecule has 1 aromatic carbocycles. The molecular weight excluding hydrogens is 397 g/mol. The third kappa shape index (κ3) is 8.20. The molecule has 0 aliphatic carbocycles. The maximum absolute atomic E-state index is 12.9. The number of carboxylic acids is 2. The number of hydrogen-bond acceptors (Lipinski definition) is 5. The fourth-order valence-corrected chi connectivity index (χ4v) is 2.37. The predicted octanol–water partition coefficient (Wildman–Crippen LogP) is 2.38. The molecule has 30 heavy (non-hydrogen) atoms. The molecule has 1 atom stereocenters. The van der Waals surface area contributed by atoms with Crippen molar-refractivity contribution in [2.24, 2.45) is 0 Å². The van der Waals surface area contributed by atoms with Crippen molar-refractivity contribution >= 4 is 23.4 Å². The van der Waals surface area contributed by atoms with E-state index in [1.807, 2.05) is 0 Å². The highest BCUT2D eigenvalue weighted by atomic mass is 19.1. The number of nitrogens with zero attached hydrogens (tertiary/aromatic N) is 3. The van der Waals surface area contributed by atoms with Crippen molar-refractivity contribution < 1.29 is 34.1 Å². The summed E-state index contributed by atoms with van der Waals surface area (Å²) in [4.78, 5) is 34.9. The summed E-state index contributed by atoms with van der Waals surface area (Å²) >= 11 is 0. The van der Waals surface area contributed by atoms with E-state index < -0.39 is 29.1 Å². The van der Waals surface area contributed by atoms with E-state index in [-0.39, 0.29) is 25.8 Å². The molecule has 1 heterocycles. The van der Waals surface area contributed by atoms with Crippen LogP contribution < -0.4 is 0 Å². The third-order valence-corrected chi connectivity index (χ3v) is 3.97. The number of Topliss-reactive ketones (excluding diaryl/α,β-unsaturated/α-hetero) is 1. The minimum atomic E-state index is -1.65. The Kier molecular flexibility index (Phi) is 8.83. The minimum Gasteiger partial charge on any atom is -0.481 e. The average Bonchev–Trinajstić information content (AvgIpc) is 3.04. The van der Waals surface area contributed by atoms with E-state index in [0.29, 0.717) is 5.69 Å². The molecule has 0 saturated heterocycles. The van der Waals surface area contributed by atoms with Crippen LogP contribution in [-0.2, 0) is 27.3 Å². The van der Waals surface area contributed by atoms with Crippen molar-refractivity contribution in [1.29, 1.82) is 0 Å². The van der Waals surface area contributed by atoms with Crippen molar-refractivity contribution in [3.05, 3.63) is 59.0 Å². The van der Waals surface area contributed by atoms with E-state index >= 15 is 0 Å². The lowest BCUT2D eigenvalue weighted by atomic mass is 9.94. The highest BCUT2D eigenvalue weighted by Gasteiger charge is 2.31. The molecule has 9 nitrogen and oxygen atoms in total. The lowest BCUT2D eigenvalue weighted by molar-refractivity contribution is -0.143. The zero-order valence-corrected chi connectivity index (χ0v) is 16.5. The van der Waals surface area contributed by atoms with E-state index in [2.05, 4.69) is 9.94 Å². The highest BCUT2D eigenvalue weighted by Crippen LogP contribution is 2.21. The van der Waals surface area contributed by atoms with Gasteiger partial charge in [-0.25, -0.2) is 9.24 Å². The fourth-order valence-electron chi connectivity index (χ4n) is 2.37. The lowest BCUT2D eigenvalue weighted by Gasteiger charge is -2.21. The summed E-state index contributed by atoms with van der Waals surface area (Å²) < 4.78 is 14.1. The first-order valence-electron chi connectivity index (χ1n) is 8.79. The number of ketones is 1. The van der Waals surface area contributed by atoms with Gasteiger partial charge in [-0.2, -0.15) is 5.10 Å². The first-order valence-corrected chi connectivity index (χ1v) is 8.79. The number of carboxylic acid groups (broad SMARTS) is 2.